The second kappa shape index (κ2) is 7.49. The molecule has 1 unspecified atom stereocenters. The third-order valence-electron chi connectivity index (χ3n) is 7.00. The van der Waals surface area contributed by atoms with Crippen molar-refractivity contribution in [2.45, 2.75) is 31.4 Å². The Labute approximate surface area is 175 Å². The van der Waals surface area contributed by atoms with Crippen LogP contribution in [-0.2, 0) is 16.9 Å². The number of amides is 1. The third kappa shape index (κ3) is 3.00. The largest absolute Gasteiger partial charge is 0.373 e. The molecule has 1 aromatic carbocycles. The summed E-state index contributed by atoms with van der Waals surface area (Å²) < 4.78 is 6.29. The molecule has 30 heavy (non-hydrogen) atoms. The van der Waals surface area contributed by atoms with Gasteiger partial charge in [-0.3, -0.25) is 19.8 Å². The van der Waals surface area contributed by atoms with Gasteiger partial charge in [0.15, 0.2) is 0 Å². The first-order valence-corrected chi connectivity index (χ1v) is 10.6. The lowest BCUT2D eigenvalue weighted by molar-refractivity contribution is -0.170. The fraction of sp³-hybridized carbons (Fsp3) is 0.435. The molecular formula is C23H27N5O2. The molecule has 156 valence electrons. The van der Waals surface area contributed by atoms with Crippen molar-refractivity contribution in [1.29, 1.82) is 0 Å². The number of nitrogens with one attached hydrogen (secondary N) is 1. The Morgan fingerprint density at radius 1 is 1.27 bits per heavy atom. The van der Waals surface area contributed by atoms with Crippen LogP contribution in [0.1, 0.15) is 41.0 Å². The Morgan fingerprint density at radius 3 is 2.77 bits per heavy atom. The molecule has 7 heteroatoms. The molecule has 3 N–H and O–H groups in total. The Morgan fingerprint density at radius 2 is 2.03 bits per heavy atom. The van der Waals surface area contributed by atoms with Crippen LogP contribution in [0.3, 0.4) is 0 Å². The standard InChI is InChI=1S/C23H27N5O2/c1-30-23(15-9-10-25-20(11-15)22(24)29)16-5-4-6-17(23)13-28(12-16)14-21-18-7-2-3-8-19(18)26-27-21/h2-3,7-11,16-17H,4-6,12-14H2,1H3,(H2,24,29)(H,26,27)/t16-,17+,23?. The van der Waals surface area contributed by atoms with Gasteiger partial charge in [0.2, 0.25) is 0 Å². The van der Waals surface area contributed by atoms with E-state index in [0.29, 0.717) is 17.5 Å². The number of likely N-dealkylation sites (tertiary alicyclic amines) is 1. The van der Waals surface area contributed by atoms with Crippen molar-refractivity contribution in [3.05, 3.63) is 59.5 Å². The van der Waals surface area contributed by atoms with E-state index in [1.807, 2.05) is 24.3 Å². The highest BCUT2D eigenvalue weighted by Gasteiger charge is 2.53. The van der Waals surface area contributed by atoms with Gasteiger partial charge in [-0.1, -0.05) is 24.6 Å². The molecule has 2 fully saturated rings. The SMILES string of the molecule is COC1(c2ccnc(C(N)=O)c2)[C@@H]2CCC[C@H]1CN(Cc1[nH]nc3ccccc13)C2. The number of piperidine rings is 1. The summed E-state index contributed by atoms with van der Waals surface area (Å²) in [6, 6.07) is 12.0. The van der Waals surface area contributed by atoms with E-state index in [0.717, 1.165) is 49.2 Å². The first-order valence-electron chi connectivity index (χ1n) is 10.6. The molecule has 5 rings (SSSR count). The third-order valence-corrected chi connectivity index (χ3v) is 7.00. The molecule has 1 aliphatic carbocycles. The lowest BCUT2D eigenvalue weighted by atomic mass is 9.62. The summed E-state index contributed by atoms with van der Waals surface area (Å²) in [5.41, 5.74) is 8.58. The number of primary amides is 1. The Bertz CT molecular complexity index is 1060. The molecule has 0 radical (unpaired) electrons. The van der Waals surface area contributed by atoms with Crippen molar-refractivity contribution < 1.29 is 9.53 Å². The van der Waals surface area contributed by atoms with Crippen molar-refractivity contribution in [3.8, 4) is 0 Å². The van der Waals surface area contributed by atoms with Crippen LogP contribution in [0.25, 0.3) is 10.9 Å². The van der Waals surface area contributed by atoms with E-state index < -0.39 is 11.5 Å². The summed E-state index contributed by atoms with van der Waals surface area (Å²) in [7, 11) is 1.80. The molecule has 3 aromatic rings. The van der Waals surface area contributed by atoms with Crippen LogP contribution in [0.2, 0.25) is 0 Å². The van der Waals surface area contributed by atoms with Gasteiger partial charge in [0.05, 0.1) is 11.2 Å². The van der Waals surface area contributed by atoms with Crippen molar-refractivity contribution >= 4 is 16.8 Å². The van der Waals surface area contributed by atoms with Gasteiger partial charge in [0, 0.05) is 50.2 Å². The van der Waals surface area contributed by atoms with Crippen molar-refractivity contribution in [3.63, 3.8) is 0 Å². The minimum absolute atomic E-state index is 0.299. The molecular weight excluding hydrogens is 378 g/mol. The van der Waals surface area contributed by atoms with Gasteiger partial charge in [-0.2, -0.15) is 5.10 Å². The number of pyridine rings is 1. The summed E-state index contributed by atoms with van der Waals surface area (Å²) in [4.78, 5) is 18.4. The summed E-state index contributed by atoms with van der Waals surface area (Å²) in [6.07, 6.45) is 5.07. The van der Waals surface area contributed by atoms with Gasteiger partial charge in [-0.05, 0) is 36.6 Å². The van der Waals surface area contributed by atoms with E-state index in [9.17, 15) is 4.79 Å². The van der Waals surface area contributed by atoms with Crippen LogP contribution in [0.5, 0.6) is 0 Å². The average molecular weight is 406 g/mol. The van der Waals surface area contributed by atoms with Crippen molar-refractivity contribution in [1.82, 2.24) is 20.1 Å². The first-order chi connectivity index (χ1) is 14.6. The number of ether oxygens (including phenoxy) is 1. The number of rotatable bonds is 5. The predicted molar refractivity (Wildman–Crippen MR) is 114 cm³/mol. The summed E-state index contributed by atoms with van der Waals surface area (Å²) in [6.45, 7) is 2.72. The predicted octanol–water partition coefficient (Wildman–Crippen LogP) is 2.83. The smallest absolute Gasteiger partial charge is 0.267 e. The lowest BCUT2D eigenvalue weighted by Crippen LogP contribution is -2.58. The maximum absolute atomic E-state index is 11.7. The van der Waals surface area contributed by atoms with E-state index in [2.05, 4.69) is 32.2 Å². The zero-order valence-corrected chi connectivity index (χ0v) is 17.2. The highest BCUT2D eigenvalue weighted by molar-refractivity contribution is 5.90. The quantitative estimate of drug-likeness (QED) is 0.680. The molecule has 3 atom stereocenters. The topological polar surface area (TPSA) is 97.1 Å². The Balaban J connectivity index is 1.45. The van der Waals surface area contributed by atoms with E-state index in [1.54, 1.807) is 13.3 Å². The van der Waals surface area contributed by atoms with Gasteiger partial charge in [-0.25, -0.2) is 0 Å². The minimum atomic E-state index is -0.503. The van der Waals surface area contributed by atoms with Gasteiger partial charge in [0.25, 0.3) is 5.91 Å². The van der Waals surface area contributed by atoms with Crippen LogP contribution >= 0.6 is 0 Å². The highest BCUT2D eigenvalue weighted by Crippen LogP contribution is 2.51. The molecule has 0 spiro atoms. The second-order valence-corrected chi connectivity index (χ2v) is 8.53. The monoisotopic (exact) mass is 405 g/mol. The van der Waals surface area contributed by atoms with Crippen molar-refractivity contribution in [2.75, 3.05) is 20.2 Å². The second-order valence-electron chi connectivity index (χ2n) is 8.53. The molecule has 1 saturated heterocycles. The van der Waals surface area contributed by atoms with Gasteiger partial charge >= 0.3 is 0 Å². The van der Waals surface area contributed by atoms with Gasteiger partial charge in [-0.15, -0.1) is 0 Å². The van der Waals surface area contributed by atoms with Gasteiger partial charge in [0.1, 0.15) is 11.3 Å². The summed E-state index contributed by atoms with van der Waals surface area (Å²) in [5.74, 6) is 0.177. The number of aromatic amines is 1. The number of hydrogen-bond acceptors (Lipinski definition) is 5. The lowest BCUT2D eigenvalue weighted by Gasteiger charge is -2.55. The molecule has 2 bridgehead atoms. The van der Waals surface area contributed by atoms with Crippen LogP contribution in [0.15, 0.2) is 42.6 Å². The van der Waals surface area contributed by atoms with E-state index in [1.165, 1.54) is 11.8 Å². The fourth-order valence-corrected chi connectivity index (χ4v) is 5.74. The molecule has 2 aliphatic rings. The van der Waals surface area contributed by atoms with Crippen molar-refractivity contribution in [2.24, 2.45) is 17.6 Å². The number of aromatic nitrogens is 3. The number of fused-ring (bicyclic) bond motifs is 3. The Kier molecular flexibility index (Phi) is 4.79. The zero-order chi connectivity index (χ0) is 20.7. The number of nitrogens with two attached hydrogens (primary N) is 1. The minimum Gasteiger partial charge on any atom is -0.373 e. The fourth-order valence-electron chi connectivity index (χ4n) is 5.74. The van der Waals surface area contributed by atoms with E-state index >= 15 is 0 Å². The Hall–Kier alpha value is -2.77. The number of para-hydroxylation sites is 1. The van der Waals surface area contributed by atoms with Crippen LogP contribution in [0.4, 0.5) is 0 Å². The summed E-state index contributed by atoms with van der Waals surface area (Å²) in [5, 5.41) is 8.86. The number of methoxy groups -OCH3 is 1. The number of carbonyl (C=O) groups is 1. The maximum Gasteiger partial charge on any atom is 0.267 e. The number of carbonyl (C=O) groups excluding carboxylic acids is 1. The number of hydrogen-bond donors (Lipinski definition) is 2. The number of nitrogens with zero attached hydrogens (tertiary/aromatic N) is 3. The molecule has 2 aromatic heterocycles. The normalized spacial score (nSPS) is 26.7. The molecule has 3 heterocycles. The number of H-pyrrole nitrogens is 1. The van der Waals surface area contributed by atoms with Crippen LogP contribution in [-0.4, -0.2) is 46.2 Å². The summed E-state index contributed by atoms with van der Waals surface area (Å²) >= 11 is 0. The number of benzene rings is 1. The van der Waals surface area contributed by atoms with Crippen LogP contribution in [0, 0.1) is 11.8 Å². The highest BCUT2D eigenvalue weighted by atomic mass is 16.5. The zero-order valence-electron chi connectivity index (χ0n) is 17.2. The first kappa shape index (κ1) is 19.2. The van der Waals surface area contributed by atoms with E-state index in [-0.39, 0.29) is 0 Å². The average Bonchev–Trinajstić information content (AvgIpc) is 3.16. The molecule has 1 amide bonds. The van der Waals surface area contributed by atoms with E-state index in [4.69, 9.17) is 10.5 Å². The van der Waals surface area contributed by atoms with Gasteiger partial charge < -0.3 is 10.5 Å². The molecule has 1 saturated carbocycles. The van der Waals surface area contributed by atoms with Crippen LogP contribution < -0.4 is 5.73 Å². The maximum atomic E-state index is 11.7. The molecule has 7 nitrogen and oxygen atoms in total. The molecule has 1 aliphatic heterocycles.